The Labute approximate surface area is 229 Å². The zero-order valence-electron chi connectivity index (χ0n) is 23.5. The van der Waals surface area contributed by atoms with Gasteiger partial charge in [0, 0.05) is 23.8 Å². The van der Waals surface area contributed by atoms with Crippen LogP contribution in [0.3, 0.4) is 0 Å². The molecule has 0 radical (unpaired) electrons. The Morgan fingerprint density at radius 1 is 1.13 bits per heavy atom. The first-order valence-corrected chi connectivity index (χ1v) is 15.7. The van der Waals surface area contributed by atoms with E-state index in [0.29, 0.717) is 13.0 Å². The molecular weight excluding hydrogens is 514 g/mol. The minimum Gasteiger partial charge on any atom is -0.493 e. The number of methoxy groups -OCH3 is 2. The second kappa shape index (κ2) is 10.8. The average molecular weight is 550 g/mol. The summed E-state index contributed by atoms with van der Waals surface area (Å²) in [6.07, 6.45) is 4.09. The van der Waals surface area contributed by atoms with Gasteiger partial charge < -0.3 is 18.8 Å². The number of ether oxygens (including phenoxy) is 2. The average Bonchev–Trinajstić information content (AvgIpc) is 3.34. The normalized spacial score (nSPS) is 15.8. The smallest absolute Gasteiger partial charge is 0.286 e. The molecule has 1 aromatic heterocycles. The minimum absolute atomic E-state index is 0.00974. The molecule has 206 valence electrons. The van der Waals surface area contributed by atoms with E-state index in [0.717, 1.165) is 22.0 Å². The Morgan fingerprint density at radius 3 is 2.46 bits per heavy atom. The van der Waals surface area contributed by atoms with Crippen molar-refractivity contribution in [1.29, 1.82) is 0 Å². The van der Waals surface area contributed by atoms with Crippen molar-refractivity contribution in [2.45, 2.75) is 51.4 Å². The highest BCUT2D eigenvalue weighted by atomic mass is 28.4. The van der Waals surface area contributed by atoms with Gasteiger partial charge in [-0.05, 0) is 53.9 Å². The van der Waals surface area contributed by atoms with Gasteiger partial charge in [-0.25, -0.2) is 0 Å². The highest BCUT2D eigenvalue weighted by Gasteiger charge is 2.40. The maximum Gasteiger partial charge on any atom is 0.286 e. The fraction of sp³-hybridized carbons (Fsp3) is 0.379. The number of carbonyl (C=O) groups excluding carboxylic acids is 1. The van der Waals surface area contributed by atoms with Gasteiger partial charge in [0.25, 0.3) is 11.6 Å². The van der Waals surface area contributed by atoms with Crippen LogP contribution in [0.5, 0.6) is 11.5 Å². The molecular formula is C29H35N3O6Si. The van der Waals surface area contributed by atoms with Crippen molar-refractivity contribution in [3.8, 4) is 11.5 Å². The van der Waals surface area contributed by atoms with Crippen molar-refractivity contribution in [1.82, 2.24) is 9.88 Å². The van der Waals surface area contributed by atoms with Crippen molar-refractivity contribution in [2.75, 3.05) is 20.8 Å². The molecule has 1 aliphatic heterocycles. The lowest BCUT2D eigenvalue weighted by atomic mass is 10.0. The Balaban J connectivity index is 1.76. The number of fused-ring (bicyclic) bond motifs is 1. The van der Waals surface area contributed by atoms with Crippen LogP contribution in [0.2, 0.25) is 18.1 Å². The lowest BCUT2D eigenvalue weighted by molar-refractivity contribution is -0.385. The molecule has 0 spiro atoms. The van der Waals surface area contributed by atoms with Crippen LogP contribution in [0.15, 0.2) is 54.9 Å². The van der Waals surface area contributed by atoms with Gasteiger partial charge in [-0.2, -0.15) is 0 Å². The molecule has 1 aliphatic rings. The van der Waals surface area contributed by atoms with Crippen LogP contribution in [0.4, 0.5) is 5.69 Å². The van der Waals surface area contributed by atoms with E-state index >= 15 is 0 Å². The Bertz CT molecular complexity index is 1450. The molecule has 0 bridgehead atoms. The molecule has 2 heterocycles. The Kier molecular flexibility index (Phi) is 7.81. The summed E-state index contributed by atoms with van der Waals surface area (Å²) in [4.78, 5) is 31.3. The summed E-state index contributed by atoms with van der Waals surface area (Å²) < 4.78 is 17.1. The summed E-state index contributed by atoms with van der Waals surface area (Å²) in [5.41, 5.74) is 2.37. The van der Waals surface area contributed by atoms with Gasteiger partial charge in [-0.15, -0.1) is 0 Å². The zero-order chi connectivity index (χ0) is 28.5. The van der Waals surface area contributed by atoms with Crippen LogP contribution in [0, 0.1) is 10.1 Å². The number of hydrogen-bond acceptors (Lipinski definition) is 7. The summed E-state index contributed by atoms with van der Waals surface area (Å²) >= 11 is 0. The van der Waals surface area contributed by atoms with E-state index in [9.17, 15) is 14.9 Å². The van der Waals surface area contributed by atoms with Crippen molar-refractivity contribution in [3.05, 3.63) is 76.1 Å². The van der Waals surface area contributed by atoms with Gasteiger partial charge in [0.1, 0.15) is 5.56 Å². The van der Waals surface area contributed by atoms with Gasteiger partial charge in [0.15, 0.2) is 19.8 Å². The number of nitro benzene ring substituents is 1. The summed E-state index contributed by atoms with van der Waals surface area (Å²) in [7, 11) is 0.698. The monoisotopic (exact) mass is 549 g/mol. The van der Waals surface area contributed by atoms with Crippen molar-refractivity contribution in [3.63, 3.8) is 0 Å². The first-order chi connectivity index (χ1) is 18.4. The standard InChI is InChI=1S/C29H35N3O6Si/c1-29(2,3)39(6,7)38-18-22-14-21(19-10-11-24-20(13-19)9-8-12-30-24)17-31(22)28(33)23-15-26(36-4)27(37-5)16-25(23)32(34)35/h8-13,15-17,22H,14,18H2,1-7H3/t22-/m0/s1. The maximum atomic E-state index is 14.0. The number of carbonyl (C=O) groups is 1. The molecule has 9 nitrogen and oxygen atoms in total. The van der Waals surface area contributed by atoms with Gasteiger partial charge in [-0.1, -0.05) is 32.9 Å². The van der Waals surface area contributed by atoms with Crippen molar-refractivity contribution in [2.24, 2.45) is 0 Å². The molecule has 0 saturated heterocycles. The van der Waals surface area contributed by atoms with Crippen LogP contribution in [0.1, 0.15) is 43.1 Å². The third-order valence-electron chi connectivity index (χ3n) is 7.72. The van der Waals surface area contributed by atoms with E-state index in [1.807, 2.05) is 30.3 Å². The molecule has 0 aliphatic carbocycles. The van der Waals surface area contributed by atoms with Crippen molar-refractivity contribution >= 4 is 36.4 Å². The lowest BCUT2D eigenvalue weighted by Gasteiger charge is -2.38. The summed E-state index contributed by atoms with van der Waals surface area (Å²) in [6.45, 7) is 11.1. The van der Waals surface area contributed by atoms with E-state index in [-0.39, 0.29) is 33.8 Å². The Morgan fingerprint density at radius 2 is 1.82 bits per heavy atom. The molecule has 4 rings (SSSR count). The summed E-state index contributed by atoms with van der Waals surface area (Å²) in [5.74, 6) is -0.0733. The predicted molar refractivity (Wildman–Crippen MR) is 154 cm³/mol. The van der Waals surface area contributed by atoms with Gasteiger partial charge >= 0.3 is 0 Å². The van der Waals surface area contributed by atoms with E-state index in [4.69, 9.17) is 13.9 Å². The molecule has 39 heavy (non-hydrogen) atoms. The predicted octanol–water partition coefficient (Wildman–Crippen LogP) is 6.44. The molecule has 3 aromatic rings. The largest absolute Gasteiger partial charge is 0.493 e. The van der Waals surface area contributed by atoms with E-state index in [1.54, 1.807) is 17.3 Å². The lowest BCUT2D eigenvalue weighted by Crippen LogP contribution is -2.45. The topological polar surface area (TPSA) is 104 Å². The van der Waals surface area contributed by atoms with Gasteiger partial charge in [0.05, 0.1) is 43.4 Å². The number of nitrogens with zero attached hydrogens (tertiary/aromatic N) is 3. The van der Waals surface area contributed by atoms with Gasteiger partial charge in [0.2, 0.25) is 0 Å². The second-order valence-corrected chi connectivity index (χ2v) is 16.0. The zero-order valence-corrected chi connectivity index (χ0v) is 24.5. The van der Waals surface area contributed by atoms with E-state index in [2.05, 4.69) is 38.8 Å². The number of nitro groups is 1. The molecule has 0 saturated carbocycles. The summed E-state index contributed by atoms with van der Waals surface area (Å²) in [5, 5.41) is 12.9. The minimum atomic E-state index is -2.12. The Hall–Kier alpha value is -3.76. The van der Waals surface area contributed by atoms with Crippen LogP contribution in [0.25, 0.3) is 16.5 Å². The van der Waals surface area contributed by atoms with Crippen LogP contribution < -0.4 is 9.47 Å². The number of hydrogen-bond donors (Lipinski definition) is 0. The number of benzene rings is 2. The molecule has 1 atom stereocenters. The quantitative estimate of drug-likeness (QED) is 0.181. The fourth-order valence-corrected chi connectivity index (χ4v) is 5.40. The number of rotatable bonds is 8. The molecule has 0 N–H and O–H groups in total. The molecule has 0 unspecified atom stereocenters. The fourth-order valence-electron chi connectivity index (χ4n) is 4.36. The SMILES string of the molecule is COc1cc(C(=O)N2C=C(c3ccc4ncccc4c3)C[C@H]2CO[Si](C)(C)C(C)(C)C)c([N+](=O)[O-])cc1OC. The highest BCUT2D eigenvalue weighted by molar-refractivity contribution is 6.74. The third kappa shape index (κ3) is 5.67. The van der Waals surface area contributed by atoms with Crippen LogP contribution in [-0.4, -0.2) is 55.9 Å². The number of amides is 1. The first kappa shape index (κ1) is 28.3. The highest BCUT2D eigenvalue weighted by Crippen LogP contribution is 2.40. The van der Waals surface area contributed by atoms with Crippen LogP contribution >= 0.6 is 0 Å². The van der Waals surface area contributed by atoms with Gasteiger partial charge in [-0.3, -0.25) is 19.9 Å². The second-order valence-electron chi connectivity index (χ2n) is 11.2. The first-order valence-electron chi connectivity index (χ1n) is 12.8. The molecule has 1 amide bonds. The summed E-state index contributed by atoms with van der Waals surface area (Å²) in [6, 6.07) is 12.1. The number of aromatic nitrogens is 1. The van der Waals surface area contributed by atoms with Crippen molar-refractivity contribution < 1.29 is 23.6 Å². The third-order valence-corrected chi connectivity index (χ3v) is 12.2. The van der Waals surface area contributed by atoms with Crippen LogP contribution in [-0.2, 0) is 4.43 Å². The number of pyridine rings is 1. The maximum absolute atomic E-state index is 14.0. The van der Waals surface area contributed by atoms with E-state index < -0.39 is 19.1 Å². The molecule has 10 heteroatoms. The molecule has 2 aromatic carbocycles. The molecule has 0 fully saturated rings. The van der Waals surface area contributed by atoms with E-state index in [1.165, 1.54) is 26.4 Å².